The van der Waals surface area contributed by atoms with E-state index in [0.29, 0.717) is 17.9 Å². The van der Waals surface area contributed by atoms with Crippen LogP contribution in [0, 0.1) is 10.1 Å². The zero-order chi connectivity index (χ0) is 20.1. The van der Waals surface area contributed by atoms with E-state index >= 15 is 0 Å². The van der Waals surface area contributed by atoms with Crippen molar-refractivity contribution in [2.75, 3.05) is 11.9 Å². The number of anilines is 1. The van der Waals surface area contributed by atoms with E-state index in [1.54, 1.807) is 12.1 Å². The molecule has 2 aromatic carbocycles. The number of esters is 1. The summed E-state index contributed by atoms with van der Waals surface area (Å²) in [6.07, 6.45) is 3.11. The second-order valence-corrected chi connectivity index (χ2v) is 7.16. The lowest BCUT2D eigenvalue weighted by Gasteiger charge is -2.27. The molecule has 0 spiro atoms. The summed E-state index contributed by atoms with van der Waals surface area (Å²) in [6, 6.07) is 12.7. The molecule has 1 fully saturated rings. The molecule has 0 aromatic heterocycles. The fourth-order valence-electron chi connectivity index (χ4n) is 3.52. The van der Waals surface area contributed by atoms with Crippen LogP contribution in [-0.2, 0) is 19.7 Å². The maximum Gasteiger partial charge on any atom is 0.317 e. The number of nitrogens with zero attached hydrogens (tertiary/aromatic N) is 1. The average molecular weight is 403 g/mol. The van der Waals surface area contributed by atoms with Crippen LogP contribution in [0.4, 0.5) is 11.4 Å². The number of rotatable bonds is 6. The first-order chi connectivity index (χ1) is 13.4. The van der Waals surface area contributed by atoms with Crippen LogP contribution < -0.4 is 5.32 Å². The average Bonchev–Trinajstić information content (AvgIpc) is 3.18. The number of benzene rings is 2. The van der Waals surface area contributed by atoms with Crippen molar-refractivity contribution in [2.24, 2.45) is 0 Å². The lowest BCUT2D eigenvalue weighted by molar-refractivity contribution is -0.384. The molecule has 146 valence electrons. The topological polar surface area (TPSA) is 98.5 Å². The van der Waals surface area contributed by atoms with Gasteiger partial charge in [-0.3, -0.25) is 19.7 Å². The molecule has 7 nitrogen and oxygen atoms in total. The van der Waals surface area contributed by atoms with E-state index in [2.05, 4.69) is 5.32 Å². The molecule has 1 amide bonds. The number of nitrogens with one attached hydrogen (secondary N) is 1. The van der Waals surface area contributed by atoms with Crippen LogP contribution in [-0.4, -0.2) is 23.4 Å². The highest BCUT2D eigenvalue weighted by atomic mass is 35.5. The molecule has 2 aromatic rings. The van der Waals surface area contributed by atoms with E-state index in [-0.39, 0.29) is 11.4 Å². The van der Waals surface area contributed by atoms with E-state index in [4.69, 9.17) is 16.3 Å². The maximum absolute atomic E-state index is 12.8. The number of nitro groups is 1. The van der Waals surface area contributed by atoms with Crippen LogP contribution >= 0.6 is 11.6 Å². The molecule has 28 heavy (non-hydrogen) atoms. The molecule has 0 saturated heterocycles. The van der Waals surface area contributed by atoms with Gasteiger partial charge in [0.1, 0.15) is 0 Å². The van der Waals surface area contributed by atoms with E-state index < -0.39 is 28.8 Å². The quantitative estimate of drug-likeness (QED) is 0.442. The second-order valence-electron chi connectivity index (χ2n) is 6.73. The van der Waals surface area contributed by atoms with E-state index in [9.17, 15) is 19.7 Å². The van der Waals surface area contributed by atoms with Gasteiger partial charge >= 0.3 is 5.97 Å². The molecule has 0 atom stereocenters. The fraction of sp³-hybridized carbons (Fsp3) is 0.300. The molecule has 1 aliphatic rings. The Labute approximate surface area is 166 Å². The Morgan fingerprint density at radius 2 is 1.82 bits per heavy atom. The largest absolute Gasteiger partial charge is 0.455 e. The molecular weight excluding hydrogens is 384 g/mol. The predicted molar refractivity (Wildman–Crippen MR) is 104 cm³/mol. The number of halogens is 1. The van der Waals surface area contributed by atoms with Crippen molar-refractivity contribution in [3.63, 3.8) is 0 Å². The normalized spacial score (nSPS) is 15.0. The number of carbonyl (C=O) groups excluding carboxylic acids is 2. The molecule has 0 aliphatic heterocycles. The van der Waals surface area contributed by atoms with Crippen LogP contribution in [0.2, 0.25) is 5.02 Å². The minimum atomic E-state index is -0.767. The summed E-state index contributed by atoms with van der Waals surface area (Å²) in [5, 5.41) is 13.9. The van der Waals surface area contributed by atoms with Gasteiger partial charge in [0.2, 0.25) is 0 Å². The first-order valence-corrected chi connectivity index (χ1v) is 9.26. The number of amides is 1. The van der Waals surface area contributed by atoms with Gasteiger partial charge in [0, 0.05) is 22.8 Å². The Morgan fingerprint density at radius 3 is 2.46 bits per heavy atom. The fourth-order valence-corrected chi connectivity index (χ4v) is 3.65. The number of carbonyl (C=O) groups is 2. The smallest absolute Gasteiger partial charge is 0.317 e. The van der Waals surface area contributed by atoms with E-state index in [1.807, 2.05) is 12.1 Å². The van der Waals surface area contributed by atoms with Gasteiger partial charge in [-0.15, -0.1) is 0 Å². The first kappa shape index (κ1) is 19.8. The molecule has 3 rings (SSSR count). The zero-order valence-corrected chi connectivity index (χ0v) is 15.8. The second kappa shape index (κ2) is 8.39. The highest BCUT2D eigenvalue weighted by Gasteiger charge is 2.44. The zero-order valence-electron chi connectivity index (χ0n) is 15.0. The van der Waals surface area contributed by atoms with Crippen molar-refractivity contribution in [1.29, 1.82) is 0 Å². The Morgan fingerprint density at radius 1 is 1.14 bits per heavy atom. The van der Waals surface area contributed by atoms with Gasteiger partial charge < -0.3 is 10.1 Å². The highest BCUT2D eigenvalue weighted by molar-refractivity contribution is 6.30. The summed E-state index contributed by atoms with van der Waals surface area (Å²) in [5.41, 5.74) is 0.195. The number of hydrogen-bond acceptors (Lipinski definition) is 5. The summed E-state index contributed by atoms with van der Waals surface area (Å²) in [5.74, 6) is -1.00. The Hall–Kier alpha value is -2.93. The van der Waals surface area contributed by atoms with Crippen LogP contribution in [0.1, 0.15) is 31.2 Å². The Kier molecular flexibility index (Phi) is 5.94. The van der Waals surface area contributed by atoms with Crippen LogP contribution in [0.5, 0.6) is 0 Å². The van der Waals surface area contributed by atoms with Gasteiger partial charge in [0.25, 0.3) is 11.6 Å². The van der Waals surface area contributed by atoms with Gasteiger partial charge in [-0.1, -0.05) is 42.6 Å². The molecule has 8 heteroatoms. The summed E-state index contributed by atoms with van der Waals surface area (Å²) < 4.78 is 5.31. The number of nitro benzene ring substituents is 1. The summed E-state index contributed by atoms with van der Waals surface area (Å²) >= 11 is 5.94. The van der Waals surface area contributed by atoms with E-state index in [1.165, 1.54) is 24.3 Å². The van der Waals surface area contributed by atoms with Crippen molar-refractivity contribution in [3.8, 4) is 0 Å². The summed E-state index contributed by atoms with van der Waals surface area (Å²) in [4.78, 5) is 35.2. The minimum Gasteiger partial charge on any atom is -0.455 e. The Balaban J connectivity index is 1.65. The van der Waals surface area contributed by atoms with E-state index in [0.717, 1.165) is 18.4 Å². The van der Waals surface area contributed by atoms with Crippen LogP contribution in [0.25, 0.3) is 0 Å². The molecule has 1 aliphatic carbocycles. The molecule has 0 unspecified atom stereocenters. The lowest BCUT2D eigenvalue weighted by Crippen LogP contribution is -2.36. The Bertz CT molecular complexity index is 892. The SMILES string of the molecule is O=C(COC(=O)C1(c2ccc(Cl)cc2)CCCC1)Nc1cccc([N+](=O)[O-])c1. The minimum absolute atomic E-state index is 0.137. The summed E-state index contributed by atoms with van der Waals surface area (Å²) in [6.45, 7) is -0.461. The van der Waals surface area contributed by atoms with Gasteiger partial charge in [-0.05, 0) is 36.6 Å². The molecule has 1 saturated carbocycles. The molecular formula is C20H19ClN2O5. The maximum atomic E-state index is 12.8. The van der Waals surface area contributed by atoms with Gasteiger partial charge in [-0.2, -0.15) is 0 Å². The molecule has 0 bridgehead atoms. The lowest BCUT2D eigenvalue weighted by atomic mass is 9.79. The monoisotopic (exact) mass is 402 g/mol. The predicted octanol–water partition coefficient (Wildman–Crippen LogP) is 4.24. The van der Waals surface area contributed by atoms with Crippen LogP contribution in [0.15, 0.2) is 48.5 Å². The van der Waals surface area contributed by atoms with Crippen molar-refractivity contribution in [2.45, 2.75) is 31.1 Å². The van der Waals surface area contributed by atoms with Crippen molar-refractivity contribution in [3.05, 3.63) is 69.2 Å². The van der Waals surface area contributed by atoms with Crippen molar-refractivity contribution >= 4 is 34.9 Å². The standard InChI is InChI=1S/C20H19ClN2O5/c21-15-8-6-14(7-9-15)20(10-1-2-11-20)19(25)28-13-18(24)22-16-4-3-5-17(12-16)23(26)27/h3-9,12H,1-2,10-11,13H2,(H,22,24). The third-order valence-electron chi connectivity index (χ3n) is 4.92. The van der Waals surface area contributed by atoms with Gasteiger partial charge in [0.15, 0.2) is 6.61 Å². The van der Waals surface area contributed by atoms with Crippen molar-refractivity contribution in [1.82, 2.24) is 0 Å². The van der Waals surface area contributed by atoms with Crippen molar-refractivity contribution < 1.29 is 19.2 Å². The van der Waals surface area contributed by atoms with Crippen LogP contribution in [0.3, 0.4) is 0 Å². The van der Waals surface area contributed by atoms with Gasteiger partial charge in [-0.25, -0.2) is 0 Å². The molecule has 0 radical (unpaired) electrons. The molecule has 1 N–H and O–H groups in total. The third-order valence-corrected chi connectivity index (χ3v) is 5.17. The van der Waals surface area contributed by atoms with Gasteiger partial charge in [0.05, 0.1) is 10.3 Å². The number of ether oxygens (including phenoxy) is 1. The summed E-state index contributed by atoms with van der Waals surface area (Å²) in [7, 11) is 0. The highest BCUT2D eigenvalue weighted by Crippen LogP contribution is 2.42. The molecule has 0 heterocycles. The number of hydrogen-bond donors (Lipinski definition) is 1. The third kappa shape index (κ3) is 4.31. The first-order valence-electron chi connectivity index (χ1n) is 8.88. The number of non-ortho nitro benzene ring substituents is 1.